The summed E-state index contributed by atoms with van der Waals surface area (Å²) < 4.78 is 0. The lowest BCUT2D eigenvalue weighted by Crippen LogP contribution is -2.58. The fourth-order valence-electron chi connectivity index (χ4n) is 3.34. The fraction of sp³-hybridized carbons (Fsp3) is 0.826. The largest absolute Gasteiger partial charge is 0.480 e. The van der Waals surface area contributed by atoms with E-state index < -0.39 is 47.9 Å². The predicted octanol–water partition coefficient (Wildman–Crippen LogP) is -0.187. The highest BCUT2D eigenvalue weighted by Gasteiger charge is 2.31. The molecule has 0 radical (unpaired) electrons. The normalized spacial score (nSPS) is 15.6. The van der Waals surface area contributed by atoms with E-state index in [1.807, 2.05) is 13.8 Å². The number of rotatable bonds is 18. The average molecular weight is 487 g/mol. The zero-order valence-corrected chi connectivity index (χ0v) is 21.1. The monoisotopic (exact) mass is 486 g/mol. The average Bonchev–Trinajstić information content (AvgIpc) is 2.79. The second-order valence-corrected chi connectivity index (χ2v) is 9.17. The minimum atomic E-state index is -1.15. The molecule has 0 aliphatic carbocycles. The Labute approximate surface area is 203 Å². The Kier molecular flexibility index (Phi) is 16.1. The summed E-state index contributed by atoms with van der Waals surface area (Å²) in [5.74, 6) is -3.10. The van der Waals surface area contributed by atoms with E-state index in [0.717, 1.165) is 0 Å². The number of carbonyl (C=O) groups excluding carboxylic acids is 3. The highest BCUT2D eigenvalue weighted by atomic mass is 16.4. The summed E-state index contributed by atoms with van der Waals surface area (Å²) >= 11 is 0. The van der Waals surface area contributed by atoms with Gasteiger partial charge in [0.2, 0.25) is 17.7 Å². The molecule has 3 amide bonds. The molecule has 0 rings (SSSR count). The van der Waals surface area contributed by atoms with Crippen LogP contribution in [0.3, 0.4) is 0 Å². The minimum Gasteiger partial charge on any atom is -0.480 e. The maximum absolute atomic E-state index is 13.1. The molecule has 198 valence electrons. The van der Waals surface area contributed by atoms with E-state index in [2.05, 4.69) is 16.0 Å². The number of nitrogens with two attached hydrogens (primary N) is 3. The van der Waals surface area contributed by atoms with Crippen LogP contribution in [0.25, 0.3) is 0 Å². The highest BCUT2D eigenvalue weighted by Crippen LogP contribution is 2.10. The van der Waals surface area contributed by atoms with Crippen molar-refractivity contribution >= 4 is 23.7 Å². The SMILES string of the molecule is CCC(C)C(N)C(=O)NC(CCCCN)C(=O)NC(CCCCN)C(=O)NC(C(=O)O)C(C)C. The zero-order valence-electron chi connectivity index (χ0n) is 21.1. The Morgan fingerprint density at radius 3 is 1.59 bits per heavy atom. The molecule has 0 aliphatic heterocycles. The number of amides is 3. The van der Waals surface area contributed by atoms with E-state index in [4.69, 9.17) is 17.2 Å². The number of aliphatic carboxylic acids is 1. The van der Waals surface area contributed by atoms with Gasteiger partial charge in [0, 0.05) is 0 Å². The van der Waals surface area contributed by atoms with Gasteiger partial charge in [0.05, 0.1) is 6.04 Å². The van der Waals surface area contributed by atoms with Crippen molar-refractivity contribution in [1.82, 2.24) is 16.0 Å². The number of carboxylic acids is 1. The Morgan fingerprint density at radius 2 is 1.21 bits per heavy atom. The number of nitrogens with one attached hydrogen (secondary N) is 3. The molecule has 5 unspecified atom stereocenters. The molecule has 5 atom stereocenters. The number of hydrogen-bond acceptors (Lipinski definition) is 7. The van der Waals surface area contributed by atoms with Gasteiger partial charge in [0.1, 0.15) is 18.1 Å². The molecule has 0 aromatic heterocycles. The van der Waals surface area contributed by atoms with Crippen molar-refractivity contribution in [3.05, 3.63) is 0 Å². The molecule has 0 spiro atoms. The van der Waals surface area contributed by atoms with Crippen molar-refractivity contribution in [1.29, 1.82) is 0 Å². The Morgan fingerprint density at radius 1 is 0.765 bits per heavy atom. The van der Waals surface area contributed by atoms with Crippen LogP contribution in [0.4, 0.5) is 0 Å². The summed E-state index contributed by atoms with van der Waals surface area (Å²) in [6.45, 7) is 8.03. The van der Waals surface area contributed by atoms with Gasteiger partial charge in [-0.1, -0.05) is 34.1 Å². The third kappa shape index (κ3) is 11.8. The zero-order chi connectivity index (χ0) is 26.3. The maximum atomic E-state index is 13.1. The van der Waals surface area contributed by atoms with Gasteiger partial charge in [-0.15, -0.1) is 0 Å². The van der Waals surface area contributed by atoms with Crippen LogP contribution in [0.5, 0.6) is 0 Å². The first-order chi connectivity index (χ1) is 16.0. The van der Waals surface area contributed by atoms with Gasteiger partial charge < -0.3 is 38.3 Å². The molecule has 0 fully saturated rings. The first-order valence-corrected chi connectivity index (χ1v) is 12.3. The molecule has 0 saturated carbocycles. The molecule has 0 aromatic rings. The molecule has 0 heterocycles. The minimum absolute atomic E-state index is 0.0634. The van der Waals surface area contributed by atoms with Crippen molar-refractivity contribution in [2.24, 2.45) is 29.0 Å². The Hall–Kier alpha value is -2.24. The van der Waals surface area contributed by atoms with Crippen molar-refractivity contribution in [3.8, 4) is 0 Å². The van der Waals surface area contributed by atoms with Gasteiger partial charge in [-0.3, -0.25) is 14.4 Å². The van der Waals surface area contributed by atoms with E-state index in [0.29, 0.717) is 51.6 Å². The number of unbranched alkanes of at least 4 members (excludes halogenated alkanes) is 2. The van der Waals surface area contributed by atoms with E-state index in [1.54, 1.807) is 13.8 Å². The molecular formula is C23H46N6O5. The smallest absolute Gasteiger partial charge is 0.326 e. The van der Waals surface area contributed by atoms with E-state index in [-0.39, 0.29) is 18.3 Å². The van der Waals surface area contributed by atoms with Crippen molar-refractivity contribution in [2.75, 3.05) is 13.1 Å². The van der Waals surface area contributed by atoms with E-state index in [1.165, 1.54) is 0 Å². The lowest BCUT2D eigenvalue weighted by atomic mass is 9.98. The first kappa shape index (κ1) is 31.8. The van der Waals surface area contributed by atoms with Crippen LogP contribution in [-0.4, -0.2) is 66.1 Å². The topological polar surface area (TPSA) is 203 Å². The van der Waals surface area contributed by atoms with Crippen molar-refractivity contribution in [2.45, 2.75) is 96.8 Å². The summed E-state index contributed by atoms with van der Waals surface area (Å²) in [5.41, 5.74) is 17.1. The second kappa shape index (κ2) is 17.2. The molecule has 0 aliphatic rings. The summed E-state index contributed by atoms with van der Waals surface area (Å²) in [6, 6.07) is -3.70. The maximum Gasteiger partial charge on any atom is 0.326 e. The molecule has 0 bridgehead atoms. The van der Waals surface area contributed by atoms with Crippen LogP contribution < -0.4 is 33.2 Å². The standard InChI is InChI=1S/C23H46N6O5/c1-5-15(4)18(26)22(32)28-16(10-6-8-12-24)20(30)27-17(11-7-9-13-25)21(31)29-19(14(2)3)23(33)34/h14-19H,5-13,24-26H2,1-4H3,(H,27,30)(H,28,32)(H,29,31)(H,33,34). The quantitative estimate of drug-likeness (QED) is 0.129. The molecule has 11 heteroatoms. The summed E-state index contributed by atoms with van der Waals surface area (Å²) in [7, 11) is 0. The first-order valence-electron chi connectivity index (χ1n) is 12.3. The molecule has 11 nitrogen and oxygen atoms in total. The predicted molar refractivity (Wildman–Crippen MR) is 132 cm³/mol. The van der Waals surface area contributed by atoms with Gasteiger partial charge in [-0.25, -0.2) is 4.79 Å². The van der Waals surface area contributed by atoms with E-state index >= 15 is 0 Å². The molecule has 0 aromatic carbocycles. The molecule has 34 heavy (non-hydrogen) atoms. The lowest BCUT2D eigenvalue weighted by Gasteiger charge is -2.27. The van der Waals surface area contributed by atoms with Crippen molar-refractivity contribution < 1.29 is 24.3 Å². The summed E-state index contributed by atoms with van der Waals surface area (Å²) in [5, 5.41) is 17.3. The summed E-state index contributed by atoms with van der Waals surface area (Å²) in [4.78, 5) is 50.1. The van der Waals surface area contributed by atoms with Gasteiger partial charge in [0.15, 0.2) is 0 Å². The van der Waals surface area contributed by atoms with Gasteiger partial charge >= 0.3 is 5.97 Å². The van der Waals surface area contributed by atoms with Crippen LogP contribution >= 0.6 is 0 Å². The van der Waals surface area contributed by atoms with Gasteiger partial charge in [-0.2, -0.15) is 0 Å². The third-order valence-corrected chi connectivity index (χ3v) is 5.95. The van der Waals surface area contributed by atoms with E-state index in [9.17, 15) is 24.3 Å². The Bertz CT molecular complexity index is 645. The Balaban J connectivity index is 5.54. The number of carbonyl (C=O) groups is 4. The van der Waals surface area contributed by atoms with Crippen LogP contribution in [0.1, 0.15) is 72.6 Å². The number of hydrogen-bond donors (Lipinski definition) is 7. The fourth-order valence-corrected chi connectivity index (χ4v) is 3.34. The third-order valence-electron chi connectivity index (χ3n) is 5.95. The number of carboxylic acid groups (broad SMARTS) is 1. The molecule has 10 N–H and O–H groups in total. The van der Waals surface area contributed by atoms with Crippen molar-refractivity contribution in [3.63, 3.8) is 0 Å². The highest BCUT2D eigenvalue weighted by molar-refractivity contribution is 5.94. The molecular weight excluding hydrogens is 440 g/mol. The molecule has 0 saturated heterocycles. The summed E-state index contributed by atoms with van der Waals surface area (Å²) in [6.07, 6.45) is 3.82. The van der Waals surface area contributed by atoms with Crippen LogP contribution in [0.15, 0.2) is 0 Å². The van der Waals surface area contributed by atoms with Crippen LogP contribution in [0.2, 0.25) is 0 Å². The second-order valence-electron chi connectivity index (χ2n) is 9.17. The van der Waals surface area contributed by atoms with Gasteiger partial charge in [0.25, 0.3) is 0 Å². The van der Waals surface area contributed by atoms with Crippen LogP contribution in [-0.2, 0) is 19.2 Å². The van der Waals surface area contributed by atoms with Crippen LogP contribution in [0, 0.1) is 11.8 Å². The lowest BCUT2D eigenvalue weighted by molar-refractivity contribution is -0.143. The van der Waals surface area contributed by atoms with Gasteiger partial charge in [-0.05, 0) is 63.5 Å².